The van der Waals surface area contributed by atoms with Crippen molar-refractivity contribution >= 4 is 11.8 Å². The number of aryl methyl sites for hydroxylation is 1. The molecule has 1 fully saturated rings. The fraction of sp³-hybridized carbons (Fsp3) is 0.375. The third-order valence-electron chi connectivity index (χ3n) is 5.60. The summed E-state index contributed by atoms with van der Waals surface area (Å²) in [5.74, 6) is 0.490. The van der Waals surface area contributed by atoms with E-state index in [1.807, 2.05) is 42.5 Å². The maximum atomic E-state index is 13.1. The van der Waals surface area contributed by atoms with Crippen molar-refractivity contribution in [1.82, 2.24) is 29.5 Å². The number of carbonyl (C=O) groups excluding carboxylic acids is 2. The minimum Gasteiger partial charge on any atom is -0.497 e. The Morgan fingerprint density at radius 2 is 2.09 bits per heavy atom. The topological polar surface area (TPSA) is 103 Å². The van der Waals surface area contributed by atoms with Crippen molar-refractivity contribution in [2.24, 2.45) is 0 Å². The molecule has 0 bridgehead atoms. The fourth-order valence-electron chi connectivity index (χ4n) is 3.81. The van der Waals surface area contributed by atoms with Gasteiger partial charge in [-0.15, -0.1) is 0 Å². The van der Waals surface area contributed by atoms with E-state index in [1.165, 1.54) is 6.33 Å². The molecule has 1 aliphatic heterocycles. The van der Waals surface area contributed by atoms with Crippen molar-refractivity contribution in [3.8, 4) is 5.75 Å². The van der Waals surface area contributed by atoms with Gasteiger partial charge in [-0.05, 0) is 29.8 Å². The van der Waals surface area contributed by atoms with Gasteiger partial charge in [-0.3, -0.25) is 19.3 Å². The summed E-state index contributed by atoms with van der Waals surface area (Å²) in [6, 6.07) is 13.3. The SMILES string of the molecule is COc1cccc(COC2CN(C(=O)CCn3cncn3)CC(=O)N(Cc3ccccn3)C2)c1. The average Bonchev–Trinajstić information content (AvgIpc) is 3.34. The van der Waals surface area contributed by atoms with Crippen molar-refractivity contribution in [3.05, 3.63) is 72.6 Å². The second kappa shape index (κ2) is 11.4. The molecule has 1 aromatic carbocycles. The molecule has 2 amide bonds. The standard InChI is InChI=1S/C24H28N6O4/c1-33-21-7-4-5-19(11-21)16-34-22-13-28(12-20-6-2-3-9-26-20)24(32)15-29(14-22)23(31)8-10-30-18-25-17-27-30/h2-7,9,11,17-18,22H,8,10,12-16H2,1H3. The van der Waals surface area contributed by atoms with E-state index >= 15 is 0 Å². The molecule has 0 radical (unpaired) electrons. The van der Waals surface area contributed by atoms with E-state index in [-0.39, 0.29) is 30.9 Å². The van der Waals surface area contributed by atoms with Crippen LogP contribution in [-0.2, 0) is 34.0 Å². The zero-order valence-electron chi connectivity index (χ0n) is 19.1. The van der Waals surface area contributed by atoms with E-state index in [0.717, 1.165) is 17.0 Å². The van der Waals surface area contributed by atoms with Crippen LogP contribution in [0.25, 0.3) is 0 Å². The van der Waals surface area contributed by atoms with Crippen LogP contribution in [-0.4, -0.2) is 74.2 Å². The van der Waals surface area contributed by atoms with Crippen LogP contribution in [0.15, 0.2) is 61.3 Å². The lowest BCUT2D eigenvalue weighted by Gasteiger charge is -2.25. The predicted molar refractivity (Wildman–Crippen MR) is 122 cm³/mol. The number of nitrogens with zero attached hydrogens (tertiary/aromatic N) is 6. The molecule has 0 spiro atoms. The van der Waals surface area contributed by atoms with Crippen LogP contribution in [0.4, 0.5) is 0 Å². The average molecular weight is 465 g/mol. The molecule has 0 saturated carbocycles. The number of aromatic nitrogens is 4. The summed E-state index contributed by atoms with van der Waals surface area (Å²) < 4.78 is 13.1. The molecule has 10 nitrogen and oxygen atoms in total. The number of amides is 2. The number of methoxy groups -OCH3 is 1. The number of pyridine rings is 1. The van der Waals surface area contributed by atoms with Gasteiger partial charge in [-0.2, -0.15) is 5.10 Å². The normalized spacial score (nSPS) is 16.4. The summed E-state index contributed by atoms with van der Waals surface area (Å²) in [7, 11) is 1.62. The monoisotopic (exact) mass is 464 g/mol. The highest BCUT2D eigenvalue weighted by molar-refractivity contribution is 5.85. The molecule has 3 heterocycles. The van der Waals surface area contributed by atoms with Crippen LogP contribution in [0.2, 0.25) is 0 Å². The molecule has 178 valence electrons. The Hall–Kier alpha value is -3.79. The third-order valence-corrected chi connectivity index (χ3v) is 5.60. The van der Waals surface area contributed by atoms with Crippen LogP contribution in [0.3, 0.4) is 0 Å². The quantitative estimate of drug-likeness (QED) is 0.473. The van der Waals surface area contributed by atoms with Crippen LogP contribution >= 0.6 is 0 Å². The first-order valence-corrected chi connectivity index (χ1v) is 11.1. The highest BCUT2D eigenvalue weighted by Gasteiger charge is 2.31. The number of carbonyl (C=O) groups is 2. The summed E-state index contributed by atoms with van der Waals surface area (Å²) >= 11 is 0. The third kappa shape index (κ3) is 6.38. The van der Waals surface area contributed by atoms with Crippen LogP contribution < -0.4 is 4.74 Å². The predicted octanol–water partition coefficient (Wildman–Crippen LogP) is 1.53. The van der Waals surface area contributed by atoms with Crippen LogP contribution in [0.1, 0.15) is 17.7 Å². The lowest BCUT2D eigenvalue weighted by atomic mass is 10.2. The summed E-state index contributed by atoms with van der Waals surface area (Å²) in [6.45, 7) is 1.80. The number of hydrogen-bond acceptors (Lipinski definition) is 7. The second-order valence-electron chi connectivity index (χ2n) is 8.06. The lowest BCUT2D eigenvalue weighted by molar-refractivity contribution is -0.139. The Labute approximate surface area is 198 Å². The van der Waals surface area contributed by atoms with Gasteiger partial charge < -0.3 is 19.3 Å². The molecule has 1 saturated heterocycles. The molecule has 1 unspecified atom stereocenters. The Kier molecular flexibility index (Phi) is 7.82. The molecule has 2 aromatic heterocycles. The van der Waals surface area contributed by atoms with Gasteiger partial charge in [0, 0.05) is 25.7 Å². The van der Waals surface area contributed by atoms with Crippen LogP contribution in [0.5, 0.6) is 5.75 Å². The first-order chi connectivity index (χ1) is 16.6. The van der Waals surface area contributed by atoms with Crippen molar-refractivity contribution in [3.63, 3.8) is 0 Å². The molecular formula is C24H28N6O4. The van der Waals surface area contributed by atoms with E-state index < -0.39 is 0 Å². The minimum absolute atomic E-state index is 0.00203. The van der Waals surface area contributed by atoms with E-state index in [1.54, 1.807) is 34.1 Å². The highest BCUT2D eigenvalue weighted by Crippen LogP contribution is 2.17. The molecule has 0 N–H and O–H groups in total. The zero-order valence-corrected chi connectivity index (χ0v) is 19.1. The molecule has 10 heteroatoms. The maximum absolute atomic E-state index is 13.1. The number of hydrogen-bond donors (Lipinski definition) is 0. The Balaban J connectivity index is 1.46. The Morgan fingerprint density at radius 3 is 2.85 bits per heavy atom. The molecule has 0 aliphatic carbocycles. The molecule has 34 heavy (non-hydrogen) atoms. The first kappa shape index (κ1) is 23.4. The van der Waals surface area contributed by atoms with Gasteiger partial charge in [0.05, 0.1) is 45.1 Å². The second-order valence-corrected chi connectivity index (χ2v) is 8.06. The zero-order chi connectivity index (χ0) is 23.8. The lowest BCUT2D eigenvalue weighted by Crippen LogP contribution is -2.40. The van der Waals surface area contributed by atoms with E-state index in [0.29, 0.717) is 32.8 Å². The van der Waals surface area contributed by atoms with E-state index in [2.05, 4.69) is 15.1 Å². The van der Waals surface area contributed by atoms with Gasteiger partial charge >= 0.3 is 0 Å². The summed E-state index contributed by atoms with van der Waals surface area (Å²) in [6.07, 6.45) is 4.57. The van der Waals surface area contributed by atoms with Gasteiger partial charge in [0.15, 0.2) is 0 Å². The molecule has 1 atom stereocenters. The molecule has 4 rings (SSSR count). The Morgan fingerprint density at radius 1 is 1.18 bits per heavy atom. The summed E-state index contributed by atoms with van der Waals surface area (Å²) in [4.78, 5) is 37.6. The number of ether oxygens (including phenoxy) is 2. The van der Waals surface area contributed by atoms with Crippen molar-refractivity contribution in [1.29, 1.82) is 0 Å². The smallest absolute Gasteiger partial charge is 0.242 e. The van der Waals surface area contributed by atoms with Gasteiger partial charge in [0.1, 0.15) is 18.4 Å². The molecular weight excluding hydrogens is 436 g/mol. The van der Waals surface area contributed by atoms with E-state index in [4.69, 9.17) is 9.47 Å². The minimum atomic E-state index is -0.350. The van der Waals surface area contributed by atoms with E-state index in [9.17, 15) is 9.59 Å². The van der Waals surface area contributed by atoms with Crippen molar-refractivity contribution < 1.29 is 19.1 Å². The molecule has 3 aromatic rings. The molecule has 1 aliphatic rings. The van der Waals surface area contributed by atoms with Gasteiger partial charge in [0.25, 0.3) is 0 Å². The van der Waals surface area contributed by atoms with Gasteiger partial charge in [0.2, 0.25) is 11.8 Å². The van der Waals surface area contributed by atoms with Crippen molar-refractivity contribution in [2.75, 3.05) is 26.7 Å². The first-order valence-electron chi connectivity index (χ1n) is 11.1. The fourth-order valence-corrected chi connectivity index (χ4v) is 3.81. The number of rotatable bonds is 9. The largest absolute Gasteiger partial charge is 0.497 e. The summed E-state index contributed by atoms with van der Waals surface area (Å²) in [5.41, 5.74) is 1.74. The van der Waals surface area contributed by atoms with Crippen molar-refractivity contribution in [2.45, 2.75) is 32.2 Å². The summed E-state index contributed by atoms with van der Waals surface area (Å²) in [5, 5.41) is 4.04. The van der Waals surface area contributed by atoms with Gasteiger partial charge in [-0.1, -0.05) is 18.2 Å². The highest BCUT2D eigenvalue weighted by atomic mass is 16.5. The van der Waals surface area contributed by atoms with Crippen LogP contribution in [0, 0.1) is 0 Å². The Bertz CT molecular complexity index is 1080. The maximum Gasteiger partial charge on any atom is 0.242 e. The van der Waals surface area contributed by atoms with Gasteiger partial charge in [-0.25, -0.2) is 4.98 Å². The number of benzene rings is 1.